The number of carbonyl (C=O) groups is 2. The van der Waals surface area contributed by atoms with Crippen LogP contribution in [0.5, 0.6) is 11.5 Å². The van der Waals surface area contributed by atoms with Gasteiger partial charge in [0.15, 0.2) is 11.5 Å². The van der Waals surface area contributed by atoms with Crippen molar-refractivity contribution in [3.05, 3.63) is 47.7 Å². The standard InChI is InChI=1S/C20H25N3O3.CH2O2/c1-14-7-8-18(21-11-14)22-19(24)13-23-10-9-15(12-23)16-5-4-6-17(25-2)20(16)26-3;2-1-3/h4-8,11,15H,9-10,12-13H2,1-3H3,(H,21,22,24);1H,(H,2,3). The Bertz CT molecular complexity index is 810. The number of rotatable bonds is 6. The van der Waals surface area contributed by atoms with E-state index in [4.69, 9.17) is 19.4 Å². The van der Waals surface area contributed by atoms with Gasteiger partial charge in [0.1, 0.15) is 5.82 Å². The molecule has 1 fully saturated rings. The Kier molecular flexibility index (Phi) is 8.42. The molecule has 156 valence electrons. The lowest BCUT2D eigenvalue weighted by Gasteiger charge is -2.18. The van der Waals surface area contributed by atoms with Gasteiger partial charge in [-0.3, -0.25) is 14.5 Å². The molecule has 3 rings (SSSR count). The Hall–Kier alpha value is -3.13. The van der Waals surface area contributed by atoms with Crippen LogP contribution in [-0.2, 0) is 9.59 Å². The van der Waals surface area contributed by atoms with Crippen molar-refractivity contribution in [3.8, 4) is 11.5 Å². The van der Waals surface area contributed by atoms with Crippen molar-refractivity contribution >= 4 is 18.2 Å². The van der Waals surface area contributed by atoms with Crippen LogP contribution in [0.2, 0.25) is 0 Å². The molecule has 8 heteroatoms. The second kappa shape index (κ2) is 11.0. The van der Waals surface area contributed by atoms with Crippen molar-refractivity contribution in [2.75, 3.05) is 39.2 Å². The number of aryl methyl sites for hydroxylation is 1. The summed E-state index contributed by atoms with van der Waals surface area (Å²) in [6.07, 6.45) is 2.73. The molecule has 29 heavy (non-hydrogen) atoms. The van der Waals surface area contributed by atoms with E-state index in [9.17, 15) is 4.79 Å². The summed E-state index contributed by atoms with van der Waals surface area (Å²) in [5.41, 5.74) is 2.20. The van der Waals surface area contributed by atoms with E-state index >= 15 is 0 Å². The fourth-order valence-electron chi connectivity index (χ4n) is 3.39. The van der Waals surface area contributed by atoms with Gasteiger partial charge in [-0.05, 0) is 37.6 Å². The Labute approximate surface area is 170 Å². The van der Waals surface area contributed by atoms with E-state index in [-0.39, 0.29) is 12.4 Å². The molecule has 2 aromatic rings. The highest BCUT2D eigenvalue weighted by atomic mass is 16.5. The molecule has 1 atom stereocenters. The summed E-state index contributed by atoms with van der Waals surface area (Å²) in [7, 11) is 3.31. The lowest BCUT2D eigenvalue weighted by atomic mass is 9.97. The Morgan fingerprint density at radius 3 is 2.69 bits per heavy atom. The van der Waals surface area contributed by atoms with E-state index in [0.29, 0.717) is 18.3 Å². The number of anilines is 1. The Morgan fingerprint density at radius 1 is 1.31 bits per heavy atom. The number of pyridine rings is 1. The third-order valence-corrected chi connectivity index (χ3v) is 4.69. The monoisotopic (exact) mass is 401 g/mol. The molecule has 2 heterocycles. The maximum Gasteiger partial charge on any atom is 0.290 e. The van der Waals surface area contributed by atoms with Gasteiger partial charge in [0.05, 0.1) is 20.8 Å². The van der Waals surface area contributed by atoms with Crippen molar-refractivity contribution in [1.29, 1.82) is 0 Å². The molecule has 1 aromatic heterocycles. The van der Waals surface area contributed by atoms with Gasteiger partial charge in [0.2, 0.25) is 5.91 Å². The molecule has 1 unspecified atom stereocenters. The van der Waals surface area contributed by atoms with Crippen LogP contribution in [0.3, 0.4) is 0 Å². The second-order valence-electron chi connectivity index (χ2n) is 6.68. The molecule has 1 aromatic carbocycles. The smallest absolute Gasteiger partial charge is 0.290 e. The molecule has 8 nitrogen and oxygen atoms in total. The normalized spacial score (nSPS) is 15.8. The van der Waals surface area contributed by atoms with Crippen molar-refractivity contribution in [3.63, 3.8) is 0 Å². The fraction of sp³-hybridized carbons (Fsp3) is 0.381. The summed E-state index contributed by atoms with van der Waals surface area (Å²) in [5, 5.41) is 9.74. The van der Waals surface area contributed by atoms with Crippen LogP contribution in [0.15, 0.2) is 36.5 Å². The minimum absolute atomic E-state index is 0.0420. The minimum Gasteiger partial charge on any atom is -0.493 e. The van der Waals surface area contributed by atoms with Crippen molar-refractivity contribution in [1.82, 2.24) is 9.88 Å². The number of hydrogen-bond acceptors (Lipinski definition) is 6. The van der Waals surface area contributed by atoms with Gasteiger partial charge < -0.3 is 19.9 Å². The van der Waals surface area contributed by atoms with Crippen molar-refractivity contribution in [2.45, 2.75) is 19.3 Å². The molecule has 2 N–H and O–H groups in total. The molecule has 0 aliphatic carbocycles. The number of benzene rings is 1. The zero-order chi connectivity index (χ0) is 21.2. The van der Waals surface area contributed by atoms with Crippen LogP contribution in [-0.4, -0.2) is 61.2 Å². The maximum absolute atomic E-state index is 12.3. The number of likely N-dealkylation sites (tertiary alicyclic amines) is 1. The average Bonchev–Trinajstić information content (AvgIpc) is 3.17. The topological polar surface area (TPSA) is 101 Å². The number of para-hydroxylation sites is 1. The molecular weight excluding hydrogens is 374 g/mol. The Balaban J connectivity index is 0.000000941. The van der Waals surface area contributed by atoms with E-state index in [2.05, 4.69) is 21.3 Å². The summed E-state index contributed by atoms with van der Waals surface area (Å²) < 4.78 is 10.9. The predicted molar refractivity (Wildman–Crippen MR) is 110 cm³/mol. The number of aromatic nitrogens is 1. The summed E-state index contributed by atoms with van der Waals surface area (Å²) in [6, 6.07) is 9.71. The number of hydrogen-bond donors (Lipinski definition) is 2. The number of methoxy groups -OCH3 is 2. The molecule has 1 saturated heterocycles. The van der Waals surface area contributed by atoms with Gasteiger partial charge >= 0.3 is 0 Å². The minimum atomic E-state index is -0.250. The largest absolute Gasteiger partial charge is 0.493 e. The third-order valence-electron chi connectivity index (χ3n) is 4.69. The summed E-state index contributed by atoms with van der Waals surface area (Å²) in [6.45, 7) is 3.77. The van der Waals surface area contributed by atoms with Crippen LogP contribution in [0.4, 0.5) is 5.82 Å². The first-order valence-corrected chi connectivity index (χ1v) is 9.26. The predicted octanol–water partition coefficient (Wildman–Crippen LogP) is 2.54. The van der Waals surface area contributed by atoms with Crippen LogP contribution >= 0.6 is 0 Å². The molecule has 1 aliphatic rings. The summed E-state index contributed by atoms with van der Waals surface area (Å²) >= 11 is 0. The number of carboxylic acid groups (broad SMARTS) is 1. The summed E-state index contributed by atoms with van der Waals surface area (Å²) in [4.78, 5) is 27.0. The maximum atomic E-state index is 12.3. The van der Waals surface area contributed by atoms with E-state index in [0.717, 1.165) is 42.1 Å². The van der Waals surface area contributed by atoms with Gasteiger partial charge in [-0.15, -0.1) is 0 Å². The zero-order valence-electron chi connectivity index (χ0n) is 16.9. The van der Waals surface area contributed by atoms with Gasteiger partial charge in [-0.2, -0.15) is 0 Å². The average molecular weight is 401 g/mol. The number of amides is 1. The molecule has 0 bridgehead atoms. The van der Waals surface area contributed by atoms with Crippen molar-refractivity contribution in [2.24, 2.45) is 0 Å². The highest BCUT2D eigenvalue weighted by Gasteiger charge is 2.28. The zero-order valence-corrected chi connectivity index (χ0v) is 16.9. The Morgan fingerprint density at radius 2 is 2.07 bits per heavy atom. The third kappa shape index (κ3) is 6.18. The number of nitrogens with one attached hydrogen (secondary N) is 1. The van der Waals surface area contributed by atoms with Crippen LogP contribution in [0.25, 0.3) is 0 Å². The van der Waals surface area contributed by atoms with E-state index in [1.807, 2.05) is 31.2 Å². The van der Waals surface area contributed by atoms with Crippen LogP contribution < -0.4 is 14.8 Å². The highest BCUT2D eigenvalue weighted by Crippen LogP contribution is 2.39. The first-order chi connectivity index (χ1) is 14.0. The second-order valence-corrected chi connectivity index (χ2v) is 6.68. The fourth-order valence-corrected chi connectivity index (χ4v) is 3.39. The summed E-state index contributed by atoms with van der Waals surface area (Å²) in [5.74, 6) is 2.40. The van der Waals surface area contributed by atoms with Crippen LogP contribution in [0, 0.1) is 6.92 Å². The molecule has 1 amide bonds. The van der Waals surface area contributed by atoms with Gasteiger partial charge in [-0.25, -0.2) is 4.98 Å². The molecule has 1 aliphatic heterocycles. The quantitative estimate of drug-likeness (QED) is 0.717. The van der Waals surface area contributed by atoms with Crippen LogP contribution in [0.1, 0.15) is 23.5 Å². The first-order valence-electron chi connectivity index (χ1n) is 9.26. The van der Waals surface area contributed by atoms with Gasteiger partial charge in [-0.1, -0.05) is 18.2 Å². The SMILES string of the molecule is COc1cccc(C2CCN(CC(=O)Nc3ccc(C)cn3)C2)c1OC.O=CO. The van der Waals surface area contributed by atoms with E-state index in [1.165, 1.54) is 0 Å². The number of nitrogens with zero attached hydrogens (tertiary/aromatic N) is 2. The molecule has 0 saturated carbocycles. The lowest BCUT2D eigenvalue weighted by molar-refractivity contribution is -0.123. The van der Waals surface area contributed by atoms with E-state index < -0.39 is 0 Å². The number of ether oxygens (including phenoxy) is 2. The van der Waals surface area contributed by atoms with Gasteiger partial charge in [0.25, 0.3) is 6.47 Å². The molecule has 0 radical (unpaired) electrons. The molecule has 0 spiro atoms. The molecular formula is C21H27N3O5. The lowest BCUT2D eigenvalue weighted by Crippen LogP contribution is -2.31. The van der Waals surface area contributed by atoms with Gasteiger partial charge in [0, 0.05) is 24.2 Å². The highest BCUT2D eigenvalue weighted by molar-refractivity contribution is 5.91. The number of carbonyl (C=O) groups excluding carboxylic acids is 1. The van der Waals surface area contributed by atoms with Crippen molar-refractivity contribution < 1.29 is 24.2 Å². The van der Waals surface area contributed by atoms with E-state index in [1.54, 1.807) is 20.4 Å². The first kappa shape index (κ1) is 22.2.